The number of rotatable bonds is 2. The third kappa shape index (κ3) is 2.52. The van der Waals surface area contributed by atoms with Gasteiger partial charge in [0.05, 0.1) is 11.0 Å². The Hall–Kier alpha value is -0.940. The van der Waals surface area contributed by atoms with E-state index in [9.17, 15) is 9.18 Å². The van der Waals surface area contributed by atoms with E-state index in [1.54, 1.807) is 13.0 Å². The van der Waals surface area contributed by atoms with Crippen molar-refractivity contribution < 1.29 is 9.18 Å². The number of carbonyl (C=O) groups excluding carboxylic acids is 1. The lowest BCUT2D eigenvalue weighted by molar-refractivity contribution is -0.114. The van der Waals surface area contributed by atoms with Gasteiger partial charge in [-0.15, -0.1) is 0 Å². The van der Waals surface area contributed by atoms with Crippen LogP contribution in [0.2, 0.25) is 0 Å². The predicted octanol–water partition coefficient (Wildman–Crippen LogP) is 1.79. The SMILES string of the molecule is Cc1cc(Br)c(F)cc1NC(=O)CN. The lowest BCUT2D eigenvalue weighted by Gasteiger charge is -2.08. The molecule has 0 aliphatic heterocycles. The minimum atomic E-state index is -0.414. The predicted molar refractivity (Wildman–Crippen MR) is 56.5 cm³/mol. The Morgan fingerprint density at radius 2 is 2.29 bits per heavy atom. The van der Waals surface area contributed by atoms with Crippen LogP contribution in [0.5, 0.6) is 0 Å². The Bertz CT molecular complexity index is 368. The van der Waals surface area contributed by atoms with Gasteiger partial charge in [0.1, 0.15) is 5.82 Å². The molecule has 0 bridgehead atoms. The summed E-state index contributed by atoms with van der Waals surface area (Å²) in [5, 5.41) is 2.50. The smallest absolute Gasteiger partial charge is 0.238 e. The molecule has 0 aliphatic carbocycles. The Balaban J connectivity index is 2.98. The molecule has 1 rings (SSSR count). The Morgan fingerprint density at radius 1 is 1.64 bits per heavy atom. The van der Waals surface area contributed by atoms with Gasteiger partial charge in [0.2, 0.25) is 5.91 Å². The average molecular weight is 261 g/mol. The summed E-state index contributed by atoms with van der Waals surface area (Å²) in [6, 6.07) is 2.86. The summed E-state index contributed by atoms with van der Waals surface area (Å²) in [5.41, 5.74) is 6.35. The second-order valence-electron chi connectivity index (χ2n) is 2.83. The van der Waals surface area contributed by atoms with Crippen LogP contribution >= 0.6 is 15.9 Å². The number of benzene rings is 1. The van der Waals surface area contributed by atoms with Crippen molar-refractivity contribution in [2.45, 2.75) is 6.92 Å². The minimum Gasteiger partial charge on any atom is -0.325 e. The maximum Gasteiger partial charge on any atom is 0.238 e. The van der Waals surface area contributed by atoms with E-state index in [0.717, 1.165) is 5.56 Å². The molecule has 76 valence electrons. The van der Waals surface area contributed by atoms with Gasteiger partial charge in [-0.1, -0.05) is 0 Å². The maximum absolute atomic E-state index is 13.1. The highest BCUT2D eigenvalue weighted by Crippen LogP contribution is 2.23. The molecule has 1 aromatic carbocycles. The van der Waals surface area contributed by atoms with Crippen LogP contribution in [-0.2, 0) is 4.79 Å². The Kier molecular flexibility index (Phi) is 3.60. The lowest BCUT2D eigenvalue weighted by atomic mass is 10.2. The van der Waals surface area contributed by atoms with Gasteiger partial charge in [-0.25, -0.2) is 4.39 Å². The zero-order valence-electron chi connectivity index (χ0n) is 7.60. The molecular weight excluding hydrogens is 251 g/mol. The van der Waals surface area contributed by atoms with Crippen LogP contribution in [0.4, 0.5) is 10.1 Å². The summed E-state index contributed by atoms with van der Waals surface area (Å²) in [5.74, 6) is -0.752. The molecule has 1 amide bonds. The van der Waals surface area contributed by atoms with Gasteiger partial charge in [0, 0.05) is 5.69 Å². The van der Waals surface area contributed by atoms with Crippen LogP contribution in [0.15, 0.2) is 16.6 Å². The third-order valence-electron chi connectivity index (χ3n) is 1.73. The first-order valence-electron chi connectivity index (χ1n) is 4.00. The number of halogens is 2. The molecule has 0 heterocycles. The first-order valence-corrected chi connectivity index (χ1v) is 4.79. The zero-order chi connectivity index (χ0) is 10.7. The number of nitrogens with two attached hydrogens (primary N) is 1. The van der Waals surface area contributed by atoms with Crippen molar-refractivity contribution in [1.82, 2.24) is 0 Å². The average Bonchev–Trinajstić information content (AvgIpc) is 2.14. The summed E-state index contributed by atoms with van der Waals surface area (Å²) < 4.78 is 13.5. The molecule has 0 saturated carbocycles. The van der Waals surface area contributed by atoms with Gasteiger partial charge in [0.15, 0.2) is 0 Å². The molecule has 3 N–H and O–H groups in total. The maximum atomic E-state index is 13.1. The summed E-state index contributed by atoms with van der Waals surface area (Å²) in [4.78, 5) is 11.0. The number of carbonyl (C=O) groups is 1. The van der Waals surface area contributed by atoms with Crippen LogP contribution in [0.3, 0.4) is 0 Å². The van der Waals surface area contributed by atoms with E-state index in [1.165, 1.54) is 6.07 Å². The molecule has 0 radical (unpaired) electrons. The standard InChI is InChI=1S/C9H10BrFN2O/c1-5-2-6(10)7(11)3-8(5)13-9(14)4-12/h2-3H,4,12H2,1H3,(H,13,14). The number of hydrogen-bond donors (Lipinski definition) is 2. The van der Waals surface area contributed by atoms with Crippen LogP contribution in [0.25, 0.3) is 0 Å². The minimum absolute atomic E-state index is 0.114. The molecule has 0 fully saturated rings. The van der Waals surface area contributed by atoms with E-state index in [2.05, 4.69) is 21.2 Å². The molecule has 0 spiro atoms. The summed E-state index contributed by atoms with van der Waals surface area (Å²) in [7, 11) is 0. The first kappa shape index (κ1) is 11.1. The van der Waals surface area contributed by atoms with E-state index in [-0.39, 0.29) is 12.5 Å². The Morgan fingerprint density at radius 3 is 2.86 bits per heavy atom. The molecular formula is C9H10BrFN2O. The lowest BCUT2D eigenvalue weighted by Crippen LogP contribution is -2.22. The molecule has 5 heteroatoms. The quantitative estimate of drug-likeness (QED) is 0.852. The first-order chi connectivity index (χ1) is 6.54. The zero-order valence-corrected chi connectivity index (χ0v) is 9.19. The summed E-state index contributed by atoms with van der Waals surface area (Å²) in [6.45, 7) is 1.66. The van der Waals surface area contributed by atoms with Crippen molar-refractivity contribution in [1.29, 1.82) is 0 Å². The molecule has 0 unspecified atom stereocenters. The second kappa shape index (κ2) is 4.52. The molecule has 14 heavy (non-hydrogen) atoms. The van der Waals surface area contributed by atoms with Gasteiger partial charge in [0.25, 0.3) is 0 Å². The van der Waals surface area contributed by atoms with Gasteiger partial charge in [-0.3, -0.25) is 4.79 Å². The van der Waals surface area contributed by atoms with E-state index in [1.807, 2.05) is 0 Å². The molecule has 1 aromatic rings. The third-order valence-corrected chi connectivity index (χ3v) is 2.33. The number of hydrogen-bond acceptors (Lipinski definition) is 2. The highest BCUT2D eigenvalue weighted by molar-refractivity contribution is 9.10. The van der Waals surface area contributed by atoms with Gasteiger partial charge < -0.3 is 11.1 Å². The van der Waals surface area contributed by atoms with Gasteiger partial charge in [-0.05, 0) is 40.5 Å². The normalized spacial score (nSPS) is 10.0. The molecule has 3 nitrogen and oxygen atoms in total. The number of nitrogens with one attached hydrogen (secondary N) is 1. The van der Waals surface area contributed by atoms with Crippen molar-refractivity contribution in [3.63, 3.8) is 0 Å². The largest absolute Gasteiger partial charge is 0.325 e. The van der Waals surface area contributed by atoms with E-state index in [0.29, 0.717) is 10.2 Å². The number of aryl methyl sites for hydroxylation is 1. The van der Waals surface area contributed by atoms with E-state index < -0.39 is 5.82 Å². The number of amides is 1. The van der Waals surface area contributed by atoms with Crippen LogP contribution in [0.1, 0.15) is 5.56 Å². The monoisotopic (exact) mass is 260 g/mol. The fraction of sp³-hybridized carbons (Fsp3) is 0.222. The van der Waals surface area contributed by atoms with Crippen molar-refractivity contribution in [2.24, 2.45) is 5.73 Å². The summed E-state index contributed by atoms with van der Waals surface area (Å²) >= 11 is 3.05. The fourth-order valence-corrected chi connectivity index (χ4v) is 1.44. The van der Waals surface area contributed by atoms with E-state index >= 15 is 0 Å². The topological polar surface area (TPSA) is 55.1 Å². The van der Waals surface area contributed by atoms with Gasteiger partial charge in [-0.2, -0.15) is 0 Å². The van der Waals surface area contributed by atoms with Crippen LogP contribution in [-0.4, -0.2) is 12.5 Å². The van der Waals surface area contributed by atoms with E-state index in [4.69, 9.17) is 5.73 Å². The number of anilines is 1. The second-order valence-corrected chi connectivity index (χ2v) is 3.69. The van der Waals surface area contributed by atoms with Crippen molar-refractivity contribution in [2.75, 3.05) is 11.9 Å². The van der Waals surface area contributed by atoms with Crippen molar-refractivity contribution in [3.8, 4) is 0 Å². The molecule has 0 saturated heterocycles. The molecule has 0 atom stereocenters. The van der Waals surface area contributed by atoms with Crippen LogP contribution < -0.4 is 11.1 Å². The summed E-state index contributed by atoms with van der Waals surface area (Å²) in [6.07, 6.45) is 0. The fourth-order valence-electron chi connectivity index (χ4n) is 0.982. The van der Waals surface area contributed by atoms with Crippen molar-refractivity contribution in [3.05, 3.63) is 28.0 Å². The van der Waals surface area contributed by atoms with Crippen LogP contribution in [0, 0.1) is 12.7 Å². The van der Waals surface area contributed by atoms with Crippen molar-refractivity contribution >= 4 is 27.5 Å². The highest BCUT2D eigenvalue weighted by Gasteiger charge is 2.07. The molecule has 0 aliphatic rings. The van der Waals surface area contributed by atoms with Gasteiger partial charge >= 0.3 is 0 Å². The Labute approximate surface area is 89.6 Å². The highest BCUT2D eigenvalue weighted by atomic mass is 79.9. The molecule has 0 aromatic heterocycles.